The second-order valence-corrected chi connectivity index (χ2v) is 5.47. The van der Waals surface area contributed by atoms with Crippen LogP contribution in [0.25, 0.3) is 10.6 Å². The lowest BCUT2D eigenvalue weighted by Crippen LogP contribution is -2.17. The van der Waals surface area contributed by atoms with E-state index >= 15 is 0 Å². The third-order valence-electron chi connectivity index (χ3n) is 3.04. The average Bonchev–Trinajstić information content (AvgIpc) is 3.16. The second-order valence-electron chi connectivity index (χ2n) is 4.61. The van der Waals surface area contributed by atoms with Gasteiger partial charge in [-0.25, -0.2) is 14.4 Å². The largest absolute Gasteiger partial charge is 0.349 e. The van der Waals surface area contributed by atoms with E-state index in [4.69, 9.17) is 0 Å². The predicted molar refractivity (Wildman–Crippen MR) is 81.5 cm³/mol. The topological polar surface area (TPSA) is 53.6 Å². The van der Waals surface area contributed by atoms with Crippen molar-refractivity contribution < 1.29 is 4.39 Å². The summed E-state index contributed by atoms with van der Waals surface area (Å²) in [7, 11) is 0. The summed E-state index contributed by atoms with van der Waals surface area (Å²) in [5, 5.41) is 6.28. The van der Waals surface area contributed by atoms with Crippen LogP contribution in [0.1, 0.15) is 11.5 Å². The smallest absolute Gasteiger partial charge is 0.123 e. The van der Waals surface area contributed by atoms with Gasteiger partial charge in [0.1, 0.15) is 16.6 Å². The quantitative estimate of drug-likeness (QED) is 0.688. The number of hydrogen-bond acceptors (Lipinski definition) is 4. The van der Waals surface area contributed by atoms with E-state index in [1.807, 2.05) is 11.6 Å². The molecule has 0 saturated heterocycles. The number of rotatable bonds is 6. The highest BCUT2D eigenvalue weighted by molar-refractivity contribution is 7.13. The van der Waals surface area contributed by atoms with Crippen molar-refractivity contribution in [2.24, 2.45) is 0 Å². The molecule has 3 rings (SSSR count). The molecular weight excluding hydrogens is 287 g/mol. The molecule has 0 aliphatic heterocycles. The number of thiazole rings is 1. The number of aromatic nitrogens is 3. The second kappa shape index (κ2) is 6.60. The van der Waals surface area contributed by atoms with Gasteiger partial charge in [0.25, 0.3) is 0 Å². The maximum absolute atomic E-state index is 12.9. The SMILES string of the molecule is Fc1ccc(-c2nc(CNCCc3ncc[nH]3)cs2)cc1. The first-order chi connectivity index (χ1) is 10.3. The number of halogens is 1. The first kappa shape index (κ1) is 13.9. The highest BCUT2D eigenvalue weighted by atomic mass is 32.1. The summed E-state index contributed by atoms with van der Waals surface area (Å²) in [5.74, 6) is 0.753. The lowest BCUT2D eigenvalue weighted by Gasteiger charge is -2.00. The van der Waals surface area contributed by atoms with Crippen LogP contribution in [-0.4, -0.2) is 21.5 Å². The zero-order valence-corrected chi connectivity index (χ0v) is 12.2. The third-order valence-corrected chi connectivity index (χ3v) is 3.98. The van der Waals surface area contributed by atoms with Crippen molar-refractivity contribution in [3.8, 4) is 10.6 Å². The van der Waals surface area contributed by atoms with Crippen LogP contribution in [0.4, 0.5) is 4.39 Å². The van der Waals surface area contributed by atoms with Gasteiger partial charge in [-0.3, -0.25) is 0 Å². The minimum absolute atomic E-state index is 0.227. The molecule has 3 aromatic rings. The first-order valence-corrected chi connectivity index (χ1v) is 7.58. The highest BCUT2D eigenvalue weighted by Crippen LogP contribution is 2.23. The minimum Gasteiger partial charge on any atom is -0.349 e. The Labute approximate surface area is 126 Å². The molecule has 2 heterocycles. The molecule has 0 unspecified atom stereocenters. The van der Waals surface area contributed by atoms with Gasteiger partial charge in [-0.05, 0) is 24.3 Å². The predicted octanol–water partition coefficient (Wildman–Crippen LogP) is 3.00. The minimum atomic E-state index is -0.227. The van der Waals surface area contributed by atoms with Gasteiger partial charge in [0.05, 0.1) is 5.69 Å². The van der Waals surface area contributed by atoms with Crippen molar-refractivity contribution in [2.75, 3.05) is 6.54 Å². The fraction of sp³-hybridized carbons (Fsp3) is 0.200. The van der Waals surface area contributed by atoms with Crippen molar-refractivity contribution in [2.45, 2.75) is 13.0 Å². The van der Waals surface area contributed by atoms with Gasteiger partial charge < -0.3 is 10.3 Å². The van der Waals surface area contributed by atoms with E-state index in [0.717, 1.165) is 41.6 Å². The maximum atomic E-state index is 12.9. The van der Waals surface area contributed by atoms with Crippen molar-refractivity contribution in [1.82, 2.24) is 20.3 Å². The molecule has 0 bridgehead atoms. The van der Waals surface area contributed by atoms with Crippen LogP contribution in [-0.2, 0) is 13.0 Å². The summed E-state index contributed by atoms with van der Waals surface area (Å²) >= 11 is 1.57. The third kappa shape index (κ3) is 3.74. The molecule has 0 aliphatic carbocycles. The number of H-pyrrole nitrogens is 1. The Kier molecular flexibility index (Phi) is 4.37. The van der Waals surface area contributed by atoms with Crippen molar-refractivity contribution >= 4 is 11.3 Å². The Morgan fingerprint density at radius 1 is 1.24 bits per heavy atom. The van der Waals surface area contributed by atoms with Gasteiger partial charge in [-0.1, -0.05) is 0 Å². The molecule has 0 amide bonds. The molecule has 0 saturated carbocycles. The monoisotopic (exact) mass is 302 g/mol. The molecule has 2 N–H and O–H groups in total. The summed E-state index contributed by atoms with van der Waals surface area (Å²) in [5.41, 5.74) is 1.95. The number of benzene rings is 1. The van der Waals surface area contributed by atoms with E-state index in [1.54, 1.807) is 29.7 Å². The van der Waals surface area contributed by atoms with Crippen LogP contribution < -0.4 is 5.32 Å². The standard InChI is InChI=1S/C15H15FN4S/c16-12-3-1-11(2-4-12)15-20-13(10-21-15)9-17-6-5-14-18-7-8-19-14/h1-4,7-8,10,17H,5-6,9H2,(H,18,19). The molecular formula is C15H15FN4S. The molecule has 0 spiro atoms. The molecule has 0 radical (unpaired) electrons. The van der Waals surface area contributed by atoms with Crippen LogP contribution in [0.5, 0.6) is 0 Å². The molecule has 108 valence electrons. The van der Waals surface area contributed by atoms with Gasteiger partial charge in [-0.2, -0.15) is 0 Å². The van der Waals surface area contributed by atoms with Gasteiger partial charge in [0.15, 0.2) is 0 Å². The van der Waals surface area contributed by atoms with E-state index in [0.29, 0.717) is 0 Å². The van der Waals surface area contributed by atoms with Crippen LogP contribution in [0.3, 0.4) is 0 Å². The molecule has 6 heteroatoms. The maximum Gasteiger partial charge on any atom is 0.123 e. The van der Waals surface area contributed by atoms with Gasteiger partial charge >= 0.3 is 0 Å². The number of imidazole rings is 1. The summed E-state index contributed by atoms with van der Waals surface area (Å²) in [6.45, 7) is 1.56. The summed E-state index contributed by atoms with van der Waals surface area (Å²) in [6.07, 6.45) is 4.44. The fourth-order valence-electron chi connectivity index (χ4n) is 1.97. The van der Waals surface area contributed by atoms with E-state index in [-0.39, 0.29) is 5.82 Å². The summed E-state index contributed by atoms with van der Waals surface area (Å²) in [6, 6.07) is 6.42. The van der Waals surface area contributed by atoms with Crippen LogP contribution in [0.2, 0.25) is 0 Å². The van der Waals surface area contributed by atoms with Gasteiger partial charge in [0.2, 0.25) is 0 Å². The normalized spacial score (nSPS) is 10.9. The zero-order chi connectivity index (χ0) is 14.5. The molecule has 0 aliphatic rings. The molecule has 0 atom stereocenters. The Bertz CT molecular complexity index is 676. The van der Waals surface area contributed by atoms with E-state index < -0.39 is 0 Å². The fourth-order valence-corrected chi connectivity index (χ4v) is 2.80. The van der Waals surface area contributed by atoms with Crippen LogP contribution in [0.15, 0.2) is 42.0 Å². The molecule has 21 heavy (non-hydrogen) atoms. The number of hydrogen-bond donors (Lipinski definition) is 2. The van der Waals surface area contributed by atoms with Gasteiger partial charge in [0, 0.05) is 42.8 Å². The number of nitrogens with one attached hydrogen (secondary N) is 2. The van der Waals surface area contributed by atoms with Crippen LogP contribution in [0, 0.1) is 5.82 Å². The zero-order valence-electron chi connectivity index (χ0n) is 11.3. The number of aromatic amines is 1. The summed E-state index contributed by atoms with van der Waals surface area (Å²) in [4.78, 5) is 11.8. The molecule has 2 aromatic heterocycles. The van der Waals surface area contributed by atoms with Crippen molar-refractivity contribution in [3.63, 3.8) is 0 Å². The van der Waals surface area contributed by atoms with Crippen molar-refractivity contribution in [1.29, 1.82) is 0 Å². The Morgan fingerprint density at radius 3 is 2.86 bits per heavy atom. The summed E-state index contributed by atoms with van der Waals surface area (Å²) < 4.78 is 12.9. The molecule has 0 fully saturated rings. The van der Waals surface area contributed by atoms with E-state index in [1.165, 1.54) is 12.1 Å². The number of nitrogens with zero attached hydrogens (tertiary/aromatic N) is 2. The molecule has 1 aromatic carbocycles. The Morgan fingerprint density at radius 2 is 2.10 bits per heavy atom. The average molecular weight is 302 g/mol. The van der Waals surface area contributed by atoms with E-state index in [9.17, 15) is 4.39 Å². The Balaban J connectivity index is 1.52. The lowest BCUT2D eigenvalue weighted by molar-refractivity contribution is 0.628. The molecule has 4 nitrogen and oxygen atoms in total. The lowest BCUT2D eigenvalue weighted by atomic mass is 10.2. The Hall–Kier alpha value is -2.05. The van der Waals surface area contributed by atoms with Crippen molar-refractivity contribution in [3.05, 3.63) is 59.4 Å². The van der Waals surface area contributed by atoms with E-state index in [2.05, 4.69) is 20.3 Å². The van der Waals surface area contributed by atoms with Gasteiger partial charge in [-0.15, -0.1) is 11.3 Å². The highest BCUT2D eigenvalue weighted by Gasteiger charge is 2.05. The van der Waals surface area contributed by atoms with Crippen LogP contribution >= 0.6 is 11.3 Å². The first-order valence-electron chi connectivity index (χ1n) is 6.70.